The minimum atomic E-state index is -2.74. The molecule has 2 rings (SSSR count). The van der Waals surface area contributed by atoms with E-state index in [0.29, 0.717) is 23.6 Å². The largest absolute Gasteiger partial charge is 0.314 e. The third-order valence-corrected chi connectivity index (χ3v) is 6.47. The van der Waals surface area contributed by atoms with E-state index in [1.807, 2.05) is 0 Å². The smallest absolute Gasteiger partial charge is 0.151 e. The maximum atomic E-state index is 11.5. The second-order valence-electron chi connectivity index (χ2n) is 6.17. The number of hydrogen-bond donors (Lipinski definition) is 1. The van der Waals surface area contributed by atoms with Gasteiger partial charge in [-0.2, -0.15) is 0 Å². The van der Waals surface area contributed by atoms with Gasteiger partial charge in [-0.05, 0) is 58.2 Å². The Hall–Kier alpha value is -0.130. The maximum absolute atomic E-state index is 11.5. The van der Waals surface area contributed by atoms with Gasteiger partial charge >= 0.3 is 0 Å². The highest BCUT2D eigenvalue weighted by atomic mass is 32.2. The molecule has 5 heteroatoms. The normalized spacial score (nSPS) is 30.5. The zero-order valence-corrected chi connectivity index (χ0v) is 13.1. The zero-order chi connectivity index (χ0) is 13.9. The molecule has 4 nitrogen and oxygen atoms in total. The second-order valence-corrected chi connectivity index (χ2v) is 8.40. The predicted molar refractivity (Wildman–Crippen MR) is 79.1 cm³/mol. The second kappa shape index (κ2) is 6.55. The predicted octanol–water partition coefficient (Wildman–Crippen LogP) is 1.27. The summed E-state index contributed by atoms with van der Waals surface area (Å²) in [5.74, 6) is 1.54. The van der Waals surface area contributed by atoms with E-state index in [2.05, 4.69) is 24.1 Å². The molecule has 2 aliphatic heterocycles. The summed E-state index contributed by atoms with van der Waals surface area (Å²) >= 11 is 0. The number of piperidine rings is 1. The van der Waals surface area contributed by atoms with Crippen LogP contribution in [0.3, 0.4) is 0 Å². The van der Waals surface area contributed by atoms with E-state index in [1.54, 1.807) is 0 Å². The average Bonchev–Trinajstić information content (AvgIpc) is 2.76. The third-order valence-electron chi connectivity index (χ3n) is 4.72. The summed E-state index contributed by atoms with van der Waals surface area (Å²) in [5, 5.41) is 3.59. The van der Waals surface area contributed by atoms with Gasteiger partial charge in [-0.3, -0.25) is 4.90 Å². The van der Waals surface area contributed by atoms with Crippen molar-refractivity contribution in [3.8, 4) is 0 Å². The van der Waals surface area contributed by atoms with Gasteiger partial charge in [-0.1, -0.05) is 6.92 Å². The van der Waals surface area contributed by atoms with Gasteiger partial charge in [0.25, 0.3) is 0 Å². The van der Waals surface area contributed by atoms with Crippen LogP contribution in [0.5, 0.6) is 0 Å². The first-order valence-electron chi connectivity index (χ1n) is 7.69. The van der Waals surface area contributed by atoms with Crippen molar-refractivity contribution in [2.24, 2.45) is 5.92 Å². The number of rotatable bonds is 5. The number of hydrogen-bond acceptors (Lipinski definition) is 4. The summed E-state index contributed by atoms with van der Waals surface area (Å²) in [7, 11) is -2.74. The molecule has 112 valence electrons. The van der Waals surface area contributed by atoms with Gasteiger partial charge in [0.2, 0.25) is 0 Å². The van der Waals surface area contributed by atoms with Crippen LogP contribution >= 0.6 is 0 Å². The lowest BCUT2D eigenvalue weighted by Crippen LogP contribution is -2.46. The summed E-state index contributed by atoms with van der Waals surface area (Å²) in [6.07, 6.45) is 4.43. The minimum Gasteiger partial charge on any atom is -0.314 e. The summed E-state index contributed by atoms with van der Waals surface area (Å²) < 4.78 is 23.1. The fourth-order valence-electron chi connectivity index (χ4n) is 3.39. The molecule has 0 bridgehead atoms. The van der Waals surface area contributed by atoms with Gasteiger partial charge in [0, 0.05) is 12.1 Å². The van der Waals surface area contributed by atoms with E-state index >= 15 is 0 Å². The molecule has 0 radical (unpaired) electrons. The minimum absolute atomic E-state index is 0.296. The molecular formula is C14H28N2O2S. The van der Waals surface area contributed by atoms with Gasteiger partial charge in [0.15, 0.2) is 9.84 Å². The van der Waals surface area contributed by atoms with Crippen molar-refractivity contribution in [3.63, 3.8) is 0 Å². The summed E-state index contributed by atoms with van der Waals surface area (Å²) in [6.45, 7) is 7.73. The molecular weight excluding hydrogens is 260 g/mol. The van der Waals surface area contributed by atoms with Crippen LogP contribution in [0.25, 0.3) is 0 Å². The van der Waals surface area contributed by atoms with Crippen molar-refractivity contribution in [3.05, 3.63) is 0 Å². The highest BCUT2D eigenvalue weighted by molar-refractivity contribution is 7.91. The van der Waals surface area contributed by atoms with E-state index in [0.717, 1.165) is 32.0 Å². The molecule has 2 saturated heterocycles. The number of nitrogens with zero attached hydrogens (tertiary/aromatic N) is 1. The molecule has 0 aromatic carbocycles. The first-order chi connectivity index (χ1) is 9.02. The van der Waals surface area contributed by atoms with Gasteiger partial charge in [0.1, 0.15) is 0 Å². The van der Waals surface area contributed by atoms with Crippen LogP contribution in [0.4, 0.5) is 0 Å². The number of likely N-dealkylation sites (tertiary alicyclic amines) is 1. The Labute approximate surface area is 117 Å². The molecule has 19 heavy (non-hydrogen) atoms. The third kappa shape index (κ3) is 4.17. The van der Waals surface area contributed by atoms with Crippen LogP contribution in [-0.2, 0) is 9.84 Å². The summed E-state index contributed by atoms with van der Waals surface area (Å²) in [5.41, 5.74) is 0. The van der Waals surface area contributed by atoms with Crippen LogP contribution < -0.4 is 5.32 Å². The lowest BCUT2D eigenvalue weighted by molar-refractivity contribution is 0.128. The Morgan fingerprint density at radius 2 is 1.95 bits per heavy atom. The van der Waals surface area contributed by atoms with Gasteiger partial charge in [-0.25, -0.2) is 8.42 Å². The molecule has 0 aliphatic carbocycles. The molecule has 0 spiro atoms. The summed E-state index contributed by atoms with van der Waals surface area (Å²) in [6, 6.07) is 0.888. The first kappa shape index (κ1) is 15.3. The van der Waals surface area contributed by atoms with Crippen molar-refractivity contribution >= 4 is 9.84 Å². The van der Waals surface area contributed by atoms with Gasteiger partial charge in [-0.15, -0.1) is 0 Å². The van der Waals surface area contributed by atoms with E-state index in [1.165, 1.54) is 19.3 Å². The Kier molecular flexibility index (Phi) is 5.26. The molecule has 2 heterocycles. The molecule has 0 aromatic rings. The first-order valence-corrected chi connectivity index (χ1v) is 9.52. The quantitative estimate of drug-likeness (QED) is 0.828. The lowest BCUT2D eigenvalue weighted by Gasteiger charge is -2.38. The molecule has 2 atom stereocenters. The molecule has 2 unspecified atom stereocenters. The zero-order valence-electron chi connectivity index (χ0n) is 12.3. The van der Waals surface area contributed by atoms with Crippen molar-refractivity contribution in [1.82, 2.24) is 10.2 Å². The molecule has 0 aromatic heterocycles. The van der Waals surface area contributed by atoms with Gasteiger partial charge in [0.05, 0.1) is 11.5 Å². The van der Waals surface area contributed by atoms with Crippen LogP contribution in [0, 0.1) is 5.92 Å². The Morgan fingerprint density at radius 1 is 1.26 bits per heavy atom. The molecule has 2 fully saturated rings. The van der Waals surface area contributed by atoms with Crippen LogP contribution in [0.1, 0.15) is 39.5 Å². The number of nitrogens with one attached hydrogen (secondary N) is 1. The Balaban J connectivity index is 1.76. The van der Waals surface area contributed by atoms with Crippen LogP contribution in [-0.4, -0.2) is 56.5 Å². The van der Waals surface area contributed by atoms with Crippen LogP contribution in [0.2, 0.25) is 0 Å². The van der Waals surface area contributed by atoms with E-state index < -0.39 is 9.84 Å². The topological polar surface area (TPSA) is 49.4 Å². The van der Waals surface area contributed by atoms with Gasteiger partial charge < -0.3 is 5.32 Å². The molecule has 0 amide bonds. The fraction of sp³-hybridized carbons (Fsp3) is 1.00. The standard InChI is InChI=1S/C14H28N2O2S/c1-3-7-15-12(2)13-4-8-16(9-5-13)14-6-10-19(17,18)11-14/h12-15H,3-11H2,1-2H3. The van der Waals surface area contributed by atoms with Crippen molar-refractivity contribution in [1.29, 1.82) is 0 Å². The highest BCUT2D eigenvalue weighted by Gasteiger charge is 2.34. The fourth-order valence-corrected chi connectivity index (χ4v) is 5.15. The highest BCUT2D eigenvalue weighted by Crippen LogP contribution is 2.26. The van der Waals surface area contributed by atoms with Crippen LogP contribution in [0.15, 0.2) is 0 Å². The van der Waals surface area contributed by atoms with E-state index in [4.69, 9.17) is 0 Å². The molecule has 0 saturated carbocycles. The monoisotopic (exact) mass is 288 g/mol. The van der Waals surface area contributed by atoms with Crippen molar-refractivity contribution < 1.29 is 8.42 Å². The summed E-state index contributed by atoms with van der Waals surface area (Å²) in [4.78, 5) is 2.41. The average molecular weight is 288 g/mol. The SMILES string of the molecule is CCCNC(C)C1CCN(C2CCS(=O)(=O)C2)CC1. The number of sulfone groups is 1. The Morgan fingerprint density at radius 3 is 2.47 bits per heavy atom. The maximum Gasteiger partial charge on any atom is 0.151 e. The lowest BCUT2D eigenvalue weighted by atomic mass is 9.89. The van der Waals surface area contributed by atoms with E-state index in [-0.39, 0.29) is 0 Å². The molecule has 2 aliphatic rings. The van der Waals surface area contributed by atoms with E-state index in [9.17, 15) is 8.42 Å². The Bertz CT molecular complexity index is 375. The van der Waals surface area contributed by atoms with Crippen molar-refractivity contribution in [2.75, 3.05) is 31.1 Å². The molecule has 1 N–H and O–H groups in total. The van der Waals surface area contributed by atoms with Crippen molar-refractivity contribution in [2.45, 2.75) is 51.6 Å².